The summed E-state index contributed by atoms with van der Waals surface area (Å²) < 4.78 is 0. The van der Waals surface area contributed by atoms with E-state index >= 15 is 0 Å². The van der Waals surface area contributed by atoms with Crippen molar-refractivity contribution in [1.82, 2.24) is 5.32 Å². The van der Waals surface area contributed by atoms with Crippen LogP contribution in [0.2, 0.25) is 0 Å². The van der Waals surface area contributed by atoms with Crippen molar-refractivity contribution < 1.29 is 4.79 Å². The van der Waals surface area contributed by atoms with Gasteiger partial charge in [0.2, 0.25) is 5.91 Å². The fourth-order valence-electron chi connectivity index (χ4n) is 4.73. The maximum Gasteiger partial charge on any atom is 0.223 e. The Morgan fingerprint density at radius 3 is 2.53 bits per heavy atom. The van der Waals surface area contributed by atoms with Crippen LogP contribution in [-0.4, -0.2) is 19.0 Å². The molecule has 0 aliphatic heterocycles. The van der Waals surface area contributed by atoms with Gasteiger partial charge < -0.3 is 11.1 Å². The number of hydrogen-bond acceptors (Lipinski definition) is 2. The molecule has 3 aliphatic rings. The highest BCUT2D eigenvalue weighted by molar-refractivity contribution is 5.79. The number of fused-ring (bicyclic) bond motifs is 2. The monoisotopic (exact) mass is 264 g/mol. The minimum Gasteiger partial charge on any atom is -0.355 e. The maximum atomic E-state index is 12.4. The first kappa shape index (κ1) is 13.4. The van der Waals surface area contributed by atoms with Gasteiger partial charge in [-0.15, -0.1) is 0 Å². The highest BCUT2D eigenvalue weighted by Gasteiger charge is 2.43. The average molecular weight is 264 g/mol. The zero-order chi connectivity index (χ0) is 13.3. The molecule has 0 aromatic rings. The molecule has 3 nitrogen and oxygen atoms in total. The molecule has 3 aliphatic carbocycles. The Bertz CT molecular complexity index is 336. The molecule has 3 heteroatoms. The van der Waals surface area contributed by atoms with E-state index in [0.29, 0.717) is 17.7 Å². The van der Waals surface area contributed by atoms with Crippen LogP contribution in [0.5, 0.6) is 0 Å². The first-order chi connectivity index (χ1) is 9.22. The predicted octanol–water partition coefficient (Wildman–Crippen LogP) is 2.45. The van der Waals surface area contributed by atoms with Gasteiger partial charge in [-0.3, -0.25) is 4.79 Å². The van der Waals surface area contributed by atoms with Crippen LogP contribution in [-0.2, 0) is 4.79 Å². The third-order valence-corrected chi connectivity index (χ3v) is 6.06. The Kier molecular flexibility index (Phi) is 3.84. The lowest BCUT2D eigenvalue weighted by molar-refractivity contribution is -0.127. The largest absolute Gasteiger partial charge is 0.355 e. The molecule has 3 fully saturated rings. The number of rotatable bonds is 4. The second-order valence-electron chi connectivity index (χ2n) is 7.26. The molecule has 1 amide bonds. The van der Waals surface area contributed by atoms with Crippen molar-refractivity contribution in [2.45, 2.75) is 57.8 Å². The highest BCUT2D eigenvalue weighted by atomic mass is 16.1. The van der Waals surface area contributed by atoms with Crippen molar-refractivity contribution in [2.75, 3.05) is 13.1 Å². The van der Waals surface area contributed by atoms with Crippen molar-refractivity contribution in [1.29, 1.82) is 0 Å². The van der Waals surface area contributed by atoms with E-state index in [9.17, 15) is 4.79 Å². The molecule has 0 spiro atoms. The van der Waals surface area contributed by atoms with E-state index in [2.05, 4.69) is 5.32 Å². The molecule has 3 saturated carbocycles. The molecule has 3 unspecified atom stereocenters. The molecule has 0 aromatic carbocycles. The molecule has 0 heterocycles. The summed E-state index contributed by atoms with van der Waals surface area (Å²) >= 11 is 0. The summed E-state index contributed by atoms with van der Waals surface area (Å²) in [5.41, 5.74) is 6.19. The molecule has 0 saturated heterocycles. The summed E-state index contributed by atoms with van der Waals surface area (Å²) in [6.07, 6.45) is 11.4. The zero-order valence-electron chi connectivity index (χ0n) is 12.0. The number of nitrogens with one attached hydrogen (secondary N) is 1. The molecule has 0 aromatic heterocycles. The summed E-state index contributed by atoms with van der Waals surface area (Å²) in [5, 5.41) is 3.25. The topological polar surface area (TPSA) is 55.1 Å². The third-order valence-electron chi connectivity index (χ3n) is 6.06. The normalized spacial score (nSPS) is 36.4. The Balaban J connectivity index is 1.52. The van der Waals surface area contributed by atoms with Crippen LogP contribution < -0.4 is 11.1 Å². The molecular formula is C16H28N2O. The van der Waals surface area contributed by atoms with Gasteiger partial charge in [0.05, 0.1) is 0 Å². The fourth-order valence-corrected chi connectivity index (χ4v) is 4.73. The number of carbonyl (C=O) groups is 1. The Morgan fingerprint density at radius 1 is 1.16 bits per heavy atom. The summed E-state index contributed by atoms with van der Waals surface area (Å²) in [6.45, 7) is 1.54. The van der Waals surface area contributed by atoms with Crippen molar-refractivity contribution >= 4 is 5.91 Å². The Hall–Kier alpha value is -0.570. The second kappa shape index (κ2) is 5.43. The van der Waals surface area contributed by atoms with E-state index in [1.165, 1.54) is 51.4 Å². The summed E-state index contributed by atoms with van der Waals surface area (Å²) in [5.74, 6) is 2.17. The van der Waals surface area contributed by atoms with Crippen LogP contribution in [0.3, 0.4) is 0 Å². The van der Waals surface area contributed by atoms with Gasteiger partial charge in [-0.05, 0) is 55.9 Å². The first-order valence-electron chi connectivity index (χ1n) is 8.20. The molecule has 19 heavy (non-hydrogen) atoms. The van der Waals surface area contributed by atoms with E-state index in [0.717, 1.165) is 25.4 Å². The lowest BCUT2D eigenvalue weighted by Gasteiger charge is -2.37. The molecule has 3 atom stereocenters. The molecule has 108 valence electrons. The summed E-state index contributed by atoms with van der Waals surface area (Å²) in [7, 11) is 0. The van der Waals surface area contributed by atoms with Crippen molar-refractivity contribution in [3.05, 3.63) is 0 Å². The van der Waals surface area contributed by atoms with Gasteiger partial charge in [0.15, 0.2) is 0 Å². The summed E-state index contributed by atoms with van der Waals surface area (Å²) in [4.78, 5) is 12.4. The van der Waals surface area contributed by atoms with Gasteiger partial charge >= 0.3 is 0 Å². The van der Waals surface area contributed by atoms with Gasteiger partial charge in [-0.25, -0.2) is 0 Å². The lowest BCUT2D eigenvalue weighted by Crippen LogP contribution is -2.45. The predicted molar refractivity (Wildman–Crippen MR) is 76.5 cm³/mol. The number of carbonyl (C=O) groups excluding carboxylic acids is 1. The van der Waals surface area contributed by atoms with Crippen LogP contribution in [0.15, 0.2) is 0 Å². The SMILES string of the molecule is NCC1(CNC(=O)C2CC3CCC2C3)CCCCC1. The van der Waals surface area contributed by atoms with Gasteiger partial charge in [-0.1, -0.05) is 25.7 Å². The zero-order valence-corrected chi connectivity index (χ0v) is 12.0. The minimum atomic E-state index is 0.200. The van der Waals surface area contributed by atoms with E-state index in [1.54, 1.807) is 0 Å². The first-order valence-corrected chi connectivity index (χ1v) is 8.20. The standard InChI is InChI=1S/C16H28N2O/c17-10-16(6-2-1-3-7-16)11-18-15(19)14-9-12-4-5-13(14)8-12/h12-14H,1-11,17H2,(H,18,19). The van der Waals surface area contributed by atoms with Crippen molar-refractivity contribution in [3.63, 3.8) is 0 Å². The van der Waals surface area contributed by atoms with Crippen molar-refractivity contribution in [2.24, 2.45) is 28.9 Å². The van der Waals surface area contributed by atoms with Gasteiger partial charge in [0.1, 0.15) is 0 Å². The molecule has 0 radical (unpaired) electrons. The quantitative estimate of drug-likeness (QED) is 0.819. The van der Waals surface area contributed by atoms with Crippen LogP contribution in [0, 0.1) is 23.2 Å². The average Bonchev–Trinajstić information content (AvgIpc) is 3.08. The van der Waals surface area contributed by atoms with Crippen LogP contribution in [0.4, 0.5) is 0 Å². The third kappa shape index (κ3) is 2.67. The molecule has 3 N–H and O–H groups in total. The fraction of sp³-hybridized carbons (Fsp3) is 0.938. The van der Waals surface area contributed by atoms with E-state index in [4.69, 9.17) is 5.73 Å². The van der Waals surface area contributed by atoms with E-state index in [1.807, 2.05) is 0 Å². The van der Waals surface area contributed by atoms with Crippen molar-refractivity contribution in [3.8, 4) is 0 Å². The van der Waals surface area contributed by atoms with E-state index < -0.39 is 0 Å². The Labute approximate surface area is 116 Å². The summed E-state index contributed by atoms with van der Waals surface area (Å²) in [6, 6.07) is 0. The van der Waals surface area contributed by atoms with Gasteiger partial charge in [-0.2, -0.15) is 0 Å². The van der Waals surface area contributed by atoms with Crippen LogP contribution in [0.25, 0.3) is 0 Å². The maximum absolute atomic E-state index is 12.4. The number of nitrogens with two attached hydrogens (primary N) is 1. The second-order valence-corrected chi connectivity index (χ2v) is 7.26. The molecular weight excluding hydrogens is 236 g/mol. The minimum absolute atomic E-state index is 0.200. The number of amides is 1. The van der Waals surface area contributed by atoms with Crippen LogP contribution >= 0.6 is 0 Å². The highest BCUT2D eigenvalue weighted by Crippen LogP contribution is 2.48. The molecule has 3 rings (SSSR count). The van der Waals surface area contributed by atoms with Crippen LogP contribution in [0.1, 0.15) is 57.8 Å². The van der Waals surface area contributed by atoms with Gasteiger partial charge in [0.25, 0.3) is 0 Å². The Morgan fingerprint density at radius 2 is 1.95 bits per heavy atom. The smallest absolute Gasteiger partial charge is 0.223 e. The molecule has 2 bridgehead atoms. The van der Waals surface area contributed by atoms with Gasteiger partial charge in [0, 0.05) is 12.5 Å². The number of hydrogen-bond donors (Lipinski definition) is 2. The van der Waals surface area contributed by atoms with E-state index in [-0.39, 0.29) is 5.41 Å². The lowest BCUT2D eigenvalue weighted by atomic mass is 9.74.